The van der Waals surface area contributed by atoms with Crippen LogP contribution in [-0.4, -0.2) is 17.6 Å². The van der Waals surface area contributed by atoms with Gasteiger partial charge in [-0.3, -0.25) is 0 Å². The van der Waals surface area contributed by atoms with Crippen molar-refractivity contribution < 1.29 is 9.53 Å². The Balaban J connectivity index is 2.16. The average molecular weight is 276 g/mol. The SMILES string of the molecule is CCOC(=O)c1cc(C2CC2)c2nc(Cl)ccc2c1. The zero-order valence-electron chi connectivity index (χ0n) is 10.6. The fourth-order valence-corrected chi connectivity index (χ4v) is 2.42. The van der Waals surface area contributed by atoms with Crippen LogP contribution in [0.2, 0.25) is 5.15 Å². The van der Waals surface area contributed by atoms with E-state index in [1.165, 1.54) is 0 Å². The standard InChI is InChI=1S/C15H14ClNO2/c1-2-19-15(18)11-7-10-5-6-13(16)17-14(10)12(8-11)9-3-4-9/h5-9H,2-4H2,1H3. The van der Waals surface area contributed by atoms with E-state index in [1.54, 1.807) is 6.07 Å². The number of nitrogens with zero attached hydrogens (tertiary/aromatic N) is 1. The second-order valence-corrected chi connectivity index (χ2v) is 5.15. The molecule has 3 rings (SSSR count). The van der Waals surface area contributed by atoms with E-state index in [4.69, 9.17) is 16.3 Å². The lowest BCUT2D eigenvalue weighted by Gasteiger charge is -2.09. The third-order valence-corrected chi connectivity index (χ3v) is 3.53. The highest BCUT2D eigenvalue weighted by molar-refractivity contribution is 6.29. The largest absolute Gasteiger partial charge is 0.462 e. The molecule has 1 aromatic carbocycles. The topological polar surface area (TPSA) is 39.2 Å². The minimum absolute atomic E-state index is 0.277. The quantitative estimate of drug-likeness (QED) is 0.629. The molecule has 0 unspecified atom stereocenters. The third kappa shape index (κ3) is 2.43. The minimum Gasteiger partial charge on any atom is -0.462 e. The first-order valence-corrected chi connectivity index (χ1v) is 6.84. The molecule has 0 aliphatic heterocycles. The third-order valence-electron chi connectivity index (χ3n) is 3.32. The molecule has 98 valence electrons. The molecule has 0 N–H and O–H groups in total. The predicted octanol–water partition coefficient (Wildman–Crippen LogP) is 3.94. The molecule has 0 spiro atoms. The maximum Gasteiger partial charge on any atom is 0.338 e. The van der Waals surface area contributed by atoms with Gasteiger partial charge in [-0.2, -0.15) is 0 Å². The predicted molar refractivity (Wildman–Crippen MR) is 74.7 cm³/mol. The van der Waals surface area contributed by atoms with Crippen molar-refractivity contribution in [1.82, 2.24) is 4.98 Å². The molecule has 1 aliphatic carbocycles. The van der Waals surface area contributed by atoms with Crippen LogP contribution in [0.15, 0.2) is 24.3 Å². The summed E-state index contributed by atoms with van der Waals surface area (Å²) >= 11 is 5.97. The van der Waals surface area contributed by atoms with Crippen molar-refractivity contribution in [3.05, 3.63) is 40.5 Å². The molecule has 4 heteroatoms. The average Bonchev–Trinajstić information content (AvgIpc) is 3.22. The molecule has 0 atom stereocenters. The van der Waals surface area contributed by atoms with Crippen LogP contribution in [0.5, 0.6) is 0 Å². The van der Waals surface area contributed by atoms with Gasteiger partial charge in [-0.05, 0) is 55.5 Å². The van der Waals surface area contributed by atoms with E-state index in [1.807, 2.05) is 25.1 Å². The Hall–Kier alpha value is -1.61. The van der Waals surface area contributed by atoms with Crippen LogP contribution in [0.1, 0.15) is 41.6 Å². The Kier molecular flexibility index (Phi) is 3.15. The number of halogens is 1. The van der Waals surface area contributed by atoms with Gasteiger partial charge in [0.1, 0.15) is 5.15 Å². The molecule has 0 amide bonds. The fourth-order valence-electron chi connectivity index (χ4n) is 2.28. The lowest BCUT2D eigenvalue weighted by atomic mass is 10.0. The summed E-state index contributed by atoms with van der Waals surface area (Å²) in [5.41, 5.74) is 2.62. The molecule has 1 aromatic heterocycles. The summed E-state index contributed by atoms with van der Waals surface area (Å²) < 4.78 is 5.07. The maximum absolute atomic E-state index is 11.9. The number of pyridine rings is 1. The summed E-state index contributed by atoms with van der Waals surface area (Å²) in [6.45, 7) is 2.19. The van der Waals surface area contributed by atoms with Gasteiger partial charge in [0.05, 0.1) is 17.7 Å². The zero-order chi connectivity index (χ0) is 13.4. The molecular formula is C15H14ClNO2. The summed E-state index contributed by atoms with van der Waals surface area (Å²) in [7, 11) is 0. The van der Waals surface area contributed by atoms with Gasteiger partial charge in [-0.1, -0.05) is 11.6 Å². The summed E-state index contributed by atoms with van der Waals surface area (Å²) in [6.07, 6.45) is 2.30. The van der Waals surface area contributed by atoms with Gasteiger partial charge in [0.2, 0.25) is 0 Å². The number of benzene rings is 1. The zero-order valence-corrected chi connectivity index (χ0v) is 11.4. The summed E-state index contributed by atoms with van der Waals surface area (Å²) in [5, 5.41) is 1.43. The number of hydrogen-bond acceptors (Lipinski definition) is 3. The maximum atomic E-state index is 11.9. The molecule has 1 fully saturated rings. The fraction of sp³-hybridized carbons (Fsp3) is 0.333. The Morgan fingerprint density at radius 3 is 2.89 bits per heavy atom. The van der Waals surface area contributed by atoms with Crippen molar-refractivity contribution in [3.8, 4) is 0 Å². The van der Waals surface area contributed by atoms with Gasteiger partial charge in [-0.15, -0.1) is 0 Å². The molecule has 0 radical (unpaired) electrons. The van der Waals surface area contributed by atoms with Crippen LogP contribution in [0, 0.1) is 0 Å². The van der Waals surface area contributed by atoms with Crippen LogP contribution in [0.25, 0.3) is 10.9 Å². The van der Waals surface area contributed by atoms with E-state index >= 15 is 0 Å². The second-order valence-electron chi connectivity index (χ2n) is 4.77. The molecule has 1 heterocycles. The summed E-state index contributed by atoms with van der Waals surface area (Å²) in [5.74, 6) is 0.226. The van der Waals surface area contributed by atoms with Gasteiger partial charge in [0.25, 0.3) is 0 Å². The number of ether oxygens (including phenoxy) is 1. The van der Waals surface area contributed by atoms with Gasteiger partial charge < -0.3 is 4.74 Å². The molecule has 0 bridgehead atoms. The van der Waals surface area contributed by atoms with Crippen LogP contribution < -0.4 is 0 Å². The van der Waals surface area contributed by atoms with Gasteiger partial charge in [0, 0.05) is 5.39 Å². The summed E-state index contributed by atoms with van der Waals surface area (Å²) in [6, 6.07) is 7.37. The Morgan fingerprint density at radius 2 is 2.21 bits per heavy atom. The molecule has 1 aliphatic rings. The molecular weight excluding hydrogens is 262 g/mol. The number of carbonyl (C=O) groups is 1. The second kappa shape index (κ2) is 4.82. The first-order valence-electron chi connectivity index (χ1n) is 6.46. The molecule has 2 aromatic rings. The van der Waals surface area contributed by atoms with Crippen LogP contribution in [0.3, 0.4) is 0 Å². The van der Waals surface area contributed by atoms with Gasteiger partial charge in [-0.25, -0.2) is 9.78 Å². The normalized spacial score (nSPS) is 14.6. The van der Waals surface area contributed by atoms with E-state index in [-0.39, 0.29) is 5.97 Å². The Morgan fingerprint density at radius 1 is 1.42 bits per heavy atom. The lowest BCUT2D eigenvalue weighted by Crippen LogP contribution is -2.05. The smallest absolute Gasteiger partial charge is 0.338 e. The van der Waals surface area contributed by atoms with E-state index in [0.29, 0.717) is 23.2 Å². The van der Waals surface area contributed by atoms with Crippen molar-refractivity contribution >= 4 is 28.5 Å². The highest BCUT2D eigenvalue weighted by Gasteiger charge is 2.27. The molecule has 0 saturated heterocycles. The van der Waals surface area contributed by atoms with E-state index in [0.717, 1.165) is 29.3 Å². The number of rotatable bonds is 3. The Labute approximate surface area is 116 Å². The molecule has 3 nitrogen and oxygen atoms in total. The number of aromatic nitrogens is 1. The molecule has 1 saturated carbocycles. The van der Waals surface area contributed by atoms with E-state index in [2.05, 4.69) is 4.98 Å². The first kappa shape index (κ1) is 12.4. The van der Waals surface area contributed by atoms with Crippen LogP contribution in [-0.2, 0) is 4.74 Å². The first-order chi connectivity index (χ1) is 9.19. The number of esters is 1. The van der Waals surface area contributed by atoms with Crippen LogP contribution >= 0.6 is 11.6 Å². The van der Waals surface area contributed by atoms with Crippen LogP contribution in [0.4, 0.5) is 0 Å². The number of carbonyl (C=O) groups excluding carboxylic acids is 1. The van der Waals surface area contributed by atoms with Gasteiger partial charge >= 0.3 is 5.97 Å². The minimum atomic E-state index is -0.277. The lowest BCUT2D eigenvalue weighted by molar-refractivity contribution is 0.0526. The Bertz CT molecular complexity index is 650. The number of fused-ring (bicyclic) bond motifs is 1. The van der Waals surface area contributed by atoms with Crippen molar-refractivity contribution in [2.24, 2.45) is 0 Å². The van der Waals surface area contributed by atoms with Crippen molar-refractivity contribution in [2.75, 3.05) is 6.61 Å². The van der Waals surface area contributed by atoms with Crippen molar-refractivity contribution in [3.63, 3.8) is 0 Å². The highest BCUT2D eigenvalue weighted by atomic mass is 35.5. The highest BCUT2D eigenvalue weighted by Crippen LogP contribution is 2.43. The number of hydrogen-bond donors (Lipinski definition) is 0. The van der Waals surface area contributed by atoms with Gasteiger partial charge in [0.15, 0.2) is 0 Å². The van der Waals surface area contributed by atoms with E-state index < -0.39 is 0 Å². The molecule has 19 heavy (non-hydrogen) atoms. The van der Waals surface area contributed by atoms with E-state index in [9.17, 15) is 4.79 Å². The van der Waals surface area contributed by atoms with Crippen molar-refractivity contribution in [1.29, 1.82) is 0 Å². The summed E-state index contributed by atoms with van der Waals surface area (Å²) in [4.78, 5) is 16.3. The monoisotopic (exact) mass is 275 g/mol. The van der Waals surface area contributed by atoms with Crippen molar-refractivity contribution in [2.45, 2.75) is 25.7 Å².